The van der Waals surface area contributed by atoms with Crippen LogP contribution in [0.15, 0.2) is 77.3 Å². The first kappa shape index (κ1) is 31.2. The molecule has 1 heterocycles. The highest BCUT2D eigenvalue weighted by Gasteiger charge is 2.49. The predicted octanol–water partition coefficient (Wildman–Crippen LogP) is 4.63. The third kappa shape index (κ3) is 5.48. The molecular formula is C34H29BrN6O4. The van der Waals surface area contributed by atoms with E-state index in [1.165, 1.54) is 48.0 Å². The first-order chi connectivity index (χ1) is 21.6. The third-order valence-corrected chi connectivity index (χ3v) is 9.15. The Morgan fingerprint density at radius 1 is 1.02 bits per heavy atom. The second kappa shape index (κ2) is 12.4. The summed E-state index contributed by atoms with van der Waals surface area (Å²) in [5.41, 5.74) is 6.62. The van der Waals surface area contributed by atoms with Crippen molar-refractivity contribution < 1.29 is 19.1 Å². The van der Waals surface area contributed by atoms with Crippen molar-refractivity contribution in [2.75, 3.05) is 30.5 Å². The van der Waals surface area contributed by atoms with Gasteiger partial charge in [0.05, 0.1) is 54.2 Å². The van der Waals surface area contributed by atoms with Gasteiger partial charge in [-0.2, -0.15) is 10.5 Å². The van der Waals surface area contributed by atoms with E-state index in [0.717, 1.165) is 15.2 Å². The molecule has 5 rings (SSSR count). The van der Waals surface area contributed by atoms with Crippen molar-refractivity contribution in [3.8, 4) is 17.9 Å². The maximum Gasteiger partial charge on any atom is 0.258 e. The van der Waals surface area contributed by atoms with Gasteiger partial charge in [-0.25, -0.2) is 0 Å². The Labute approximate surface area is 268 Å². The molecular weight excluding hydrogens is 636 g/mol. The summed E-state index contributed by atoms with van der Waals surface area (Å²) in [6.45, 7) is 1.32. The standard InChI is InChI=1S/C34H29BrN6O4/c1-34(39-2,33(38)44)26-19-41(31(42)22-10-7-20(16-36)8-11-22)29-15-21(17-37)9-13-28(29)40(32(26)43)18-25-23-5-4-6-27(35)24(23)12-14-30(25)45-3/h4-15,26,39H,18-19H2,1-3H3,(H2,38,44)/t26-,34?/m1/s1. The average molecular weight is 666 g/mol. The molecule has 45 heavy (non-hydrogen) atoms. The molecule has 226 valence electrons. The monoisotopic (exact) mass is 664 g/mol. The van der Waals surface area contributed by atoms with Crippen LogP contribution in [0.3, 0.4) is 0 Å². The zero-order valence-corrected chi connectivity index (χ0v) is 26.4. The van der Waals surface area contributed by atoms with Gasteiger partial charge in [0.25, 0.3) is 5.91 Å². The summed E-state index contributed by atoms with van der Waals surface area (Å²) in [6.07, 6.45) is 0. The van der Waals surface area contributed by atoms with E-state index >= 15 is 0 Å². The number of primary amides is 1. The number of carbonyl (C=O) groups is 3. The average Bonchev–Trinajstić information content (AvgIpc) is 3.18. The summed E-state index contributed by atoms with van der Waals surface area (Å²) in [5, 5.41) is 23.7. The molecule has 1 aliphatic rings. The SMILES string of the molecule is CNC(C)(C(N)=O)[C@@H]1CN(C(=O)c2ccc(C#N)cc2)c2cc(C#N)ccc2N(Cc2c(OC)ccc3c(Br)cccc23)C1=O. The van der Waals surface area contributed by atoms with Crippen LogP contribution < -0.4 is 25.6 Å². The Bertz CT molecular complexity index is 1930. The number of fused-ring (bicyclic) bond motifs is 2. The summed E-state index contributed by atoms with van der Waals surface area (Å²) in [5.74, 6) is -2.32. The molecule has 0 saturated carbocycles. The lowest BCUT2D eigenvalue weighted by Crippen LogP contribution is -2.63. The van der Waals surface area contributed by atoms with Crippen LogP contribution in [0.4, 0.5) is 11.4 Å². The first-order valence-electron chi connectivity index (χ1n) is 14.0. The van der Waals surface area contributed by atoms with Crippen LogP contribution in [-0.2, 0) is 16.1 Å². The Hall–Kier alpha value is -5.23. The van der Waals surface area contributed by atoms with E-state index in [1.807, 2.05) is 36.4 Å². The molecule has 3 amide bonds. The lowest BCUT2D eigenvalue weighted by molar-refractivity contribution is -0.133. The van der Waals surface area contributed by atoms with Gasteiger partial charge in [-0.15, -0.1) is 0 Å². The van der Waals surface area contributed by atoms with Crippen LogP contribution in [0.5, 0.6) is 5.75 Å². The van der Waals surface area contributed by atoms with Crippen LogP contribution in [0.25, 0.3) is 10.8 Å². The summed E-state index contributed by atoms with van der Waals surface area (Å²) >= 11 is 3.61. The number of amides is 3. The van der Waals surface area contributed by atoms with E-state index in [-0.39, 0.29) is 24.2 Å². The van der Waals surface area contributed by atoms with Gasteiger partial charge in [-0.3, -0.25) is 14.4 Å². The minimum atomic E-state index is -1.56. The number of ether oxygens (including phenoxy) is 1. The highest BCUT2D eigenvalue weighted by Crippen LogP contribution is 2.41. The largest absolute Gasteiger partial charge is 0.496 e. The van der Waals surface area contributed by atoms with Gasteiger partial charge in [-0.05, 0) is 85.4 Å². The molecule has 1 unspecified atom stereocenters. The fourth-order valence-corrected chi connectivity index (χ4v) is 6.17. The molecule has 11 heteroatoms. The molecule has 10 nitrogen and oxygen atoms in total. The number of carbonyl (C=O) groups excluding carboxylic acids is 3. The van der Waals surface area contributed by atoms with Crippen molar-refractivity contribution in [3.05, 3.63) is 99.5 Å². The summed E-state index contributed by atoms with van der Waals surface area (Å²) < 4.78 is 6.61. The maximum atomic E-state index is 14.8. The fourth-order valence-electron chi connectivity index (χ4n) is 5.67. The van der Waals surface area contributed by atoms with Crippen molar-refractivity contribution in [1.82, 2.24) is 5.32 Å². The van der Waals surface area contributed by atoms with E-state index in [2.05, 4.69) is 27.3 Å². The van der Waals surface area contributed by atoms with E-state index < -0.39 is 29.2 Å². The number of halogens is 1. The zero-order chi connectivity index (χ0) is 32.5. The number of rotatable bonds is 7. The topological polar surface area (TPSA) is 153 Å². The number of hydrogen-bond acceptors (Lipinski definition) is 7. The predicted molar refractivity (Wildman–Crippen MR) is 174 cm³/mol. The third-order valence-electron chi connectivity index (χ3n) is 8.46. The number of benzene rings is 4. The fraction of sp³-hybridized carbons (Fsp3) is 0.206. The van der Waals surface area contributed by atoms with E-state index in [4.69, 9.17) is 10.5 Å². The zero-order valence-electron chi connectivity index (χ0n) is 24.8. The minimum absolute atomic E-state index is 0.0165. The molecule has 4 aromatic carbocycles. The molecule has 3 N–H and O–H groups in total. The minimum Gasteiger partial charge on any atom is -0.496 e. The summed E-state index contributed by atoms with van der Waals surface area (Å²) in [7, 11) is 3.08. The molecule has 0 bridgehead atoms. The normalized spacial score (nSPS) is 15.8. The molecule has 2 atom stereocenters. The summed E-state index contributed by atoms with van der Waals surface area (Å²) in [6, 6.07) is 24.5. The molecule has 0 radical (unpaired) electrons. The van der Waals surface area contributed by atoms with E-state index in [1.54, 1.807) is 25.3 Å². The van der Waals surface area contributed by atoms with Gasteiger partial charge in [0.15, 0.2) is 0 Å². The second-order valence-electron chi connectivity index (χ2n) is 10.8. The molecule has 0 fully saturated rings. The van der Waals surface area contributed by atoms with Gasteiger partial charge in [-0.1, -0.05) is 28.1 Å². The number of nitrogens with zero attached hydrogens (tertiary/aromatic N) is 4. The van der Waals surface area contributed by atoms with E-state index in [9.17, 15) is 24.9 Å². The molecule has 0 saturated heterocycles. The second-order valence-corrected chi connectivity index (χ2v) is 11.6. The van der Waals surface area contributed by atoms with Crippen molar-refractivity contribution in [2.24, 2.45) is 11.7 Å². The van der Waals surface area contributed by atoms with E-state index in [0.29, 0.717) is 28.3 Å². The van der Waals surface area contributed by atoms with Crippen LogP contribution in [0, 0.1) is 28.6 Å². The lowest BCUT2D eigenvalue weighted by Gasteiger charge is -2.36. The van der Waals surface area contributed by atoms with Crippen LogP contribution in [0.2, 0.25) is 0 Å². The number of nitrogens with one attached hydrogen (secondary N) is 1. The van der Waals surface area contributed by atoms with Crippen molar-refractivity contribution in [3.63, 3.8) is 0 Å². The molecule has 4 aromatic rings. The molecule has 0 aromatic heterocycles. The number of nitrogens with two attached hydrogens (primary N) is 1. The quantitative estimate of drug-likeness (QED) is 0.292. The maximum absolute atomic E-state index is 14.8. The number of hydrogen-bond donors (Lipinski definition) is 2. The van der Waals surface area contributed by atoms with Gasteiger partial charge in [0, 0.05) is 22.1 Å². The van der Waals surface area contributed by atoms with Crippen LogP contribution >= 0.6 is 15.9 Å². The summed E-state index contributed by atoms with van der Waals surface area (Å²) in [4.78, 5) is 44.8. The van der Waals surface area contributed by atoms with Crippen molar-refractivity contribution in [2.45, 2.75) is 19.0 Å². The van der Waals surface area contributed by atoms with Gasteiger partial charge in [0.1, 0.15) is 11.3 Å². The molecule has 0 spiro atoms. The smallest absolute Gasteiger partial charge is 0.258 e. The van der Waals surface area contributed by atoms with Gasteiger partial charge in [0.2, 0.25) is 11.8 Å². The number of anilines is 2. The van der Waals surface area contributed by atoms with Crippen LogP contribution in [0.1, 0.15) is 34.0 Å². The Morgan fingerprint density at radius 2 is 1.71 bits per heavy atom. The first-order valence-corrected chi connectivity index (χ1v) is 14.8. The van der Waals surface area contributed by atoms with Crippen molar-refractivity contribution >= 4 is 55.8 Å². The highest BCUT2D eigenvalue weighted by atomic mass is 79.9. The van der Waals surface area contributed by atoms with Crippen molar-refractivity contribution in [1.29, 1.82) is 10.5 Å². The Kier molecular flexibility index (Phi) is 8.60. The number of methoxy groups -OCH3 is 1. The molecule has 0 aliphatic carbocycles. The lowest BCUT2D eigenvalue weighted by atomic mass is 9.83. The van der Waals surface area contributed by atoms with Gasteiger partial charge < -0.3 is 25.6 Å². The number of nitriles is 2. The number of likely N-dealkylation sites (N-methyl/N-ethyl adjacent to an activating group) is 1. The van der Waals surface area contributed by atoms with Crippen LogP contribution in [-0.4, -0.2) is 44.0 Å². The van der Waals surface area contributed by atoms with Gasteiger partial charge >= 0.3 is 0 Å². The molecule has 1 aliphatic heterocycles. The Balaban J connectivity index is 1.77. The highest BCUT2D eigenvalue weighted by molar-refractivity contribution is 9.10. The Morgan fingerprint density at radius 3 is 2.33 bits per heavy atom.